The summed E-state index contributed by atoms with van der Waals surface area (Å²) in [5, 5.41) is 17.6. The number of halogens is 2. The van der Waals surface area contributed by atoms with E-state index in [1.807, 2.05) is 6.07 Å². The van der Waals surface area contributed by atoms with Crippen molar-refractivity contribution in [2.75, 3.05) is 6.54 Å². The van der Waals surface area contributed by atoms with E-state index >= 15 is 0 Å². The minimum Gasteiger partial charge on any atom is -0.390 e. The Bertz CT molecular complexity index is 1220. The SMILES string of the molecule is CC(C)(C)Cc1ccc2c(c1)C(NC[C@@H](O)C(Cc1cc(F)cc(F)c1)NC(=O)c1ccccc1)CCC2. The number of aryl methyl sites for hydroxylation is 1. The van der Waals surface area contributed by atoms with Crippen LogP contribution in [0.5, 0.6) is 0 Å². The summed E-state index contributed by atoms with van der Waals surface area (Å²) in [5.41, 5.74) is 4.90. The van der Waals surface area contributed by atoms with Crippen molar-refractivity contribution in [1.82, 2.24) is 10.6 Å². The van der Waals surface area contributed by atoms with E-state index in [4.69, 9.17) is 0 Å². The van der Waals surface area contributed by atoms with Crippen LogP contribution in [0.4, 0.5) is 8.78 Å². The van der Waals surface area contributed by atoms with Crippen molar-refractivity contribution in [3.8, 4) is 0 Å². The zero-order valence-electron chi connectivity index (χ0n) is 22.4. The molecular weight excluding hydrogens is 482 g/mol. The van der Waals surface area contributed by atoms with E-state index in [1.54, 1.807) is 24.3 Å². The number of hydrogen-bond donors (Lipinski definition) is 3. The van der Waals surface area contributed by atoms with Gasteiger partial charge in [0, 0.05) is 24.2 Å². The monoisotopic (exact) mass is 520 g/mol. The molecule has 1 aliphatic carbocycles. The minimum absolute atomic E-state index is 0.0883. The van der Waals surface area contributed by atoms with Gasteiger partial charge in [-0.2, -0.15) is 0 Å². The number of aliphatic hydroxyl groups is 1. The number of rotatable bonds is 9. The maximum absolute atomic E-state index is 13.9. The van der Waals surface area contributed by atoms with E-state index in [0.29, 0.717) is 11.1 Å². The molecule has 0 saturated carbocycles. The number of carbonyl (C=O) groups is 1. The molecule has 202 valence electrons. The van der Waals surface area contributed by atoms with Crippen LogP contribution in [-0.4, -0.2) is 29.7 Å². The quantitative estimate of drug-likeness (QED) is 0.328. The van der Waals surface area contributed by atoms with E-state index in [2.05, 4.69) is 49.6 Å². The lowest BCUT2D eigenvalue weighted by atomic mass is 9.82. The molecule has 3 atom stereocenters. The van der Waals surface area contributed by atoms with E-state index in [-0.39, 0.29) is 30.3 Å². The Morgan fingerprint density at radius 1 is 1.00 bits per heavy atom. The van der Waals surface area contributed by atoms with Crippen LogP contribution in [0.25, 0.3) is 0 Å². The molecule has 4 nitrogen and oxygen atoms in total. The maximum atomic E-state index is 13.9. The van der Waals surface area contributed by atoms with Crippen LogP contribution < -0.4 is 10.6 Å². The molecule has 3 aromatic carbocycles. The smallest absolute Gasteiger partial charge is 0.251 e. The molecule has 0 bridgehead atoms. The summed E-state index contributed by atoms with van der Waals surface area (Å²) in [4.78, 5) is 12.9. The van der Waals surface area contributed by atoms with E-state index in [0.717, 1.165) is 31.7 Å². The summed E-state index contributed by atoms with van der Waals surface area (Å²) in [6, 6.07) is 18.1. The van der Waals surface area contributed by atoms with Gasteiger partial charge in [0.1, 0.15) is 11.6 Å². The molecule has 1 amide bonds. The second-order valence-corrected chi connectivity index (χ2v) is 11.6. The number of nitrogens with one attached hydrogen (secondary N) is 2. The number of amides is 1. The third-order valence-corrected chi connectivity index (χ3v) is 7.03. The summed E-state index contributed by atoms with van der Waals surface area (Å²) in [6.07, 6.45) is 3.13. The highest BCUT2D eigenvalue weighted by atomic mass is 19.1. The van der Waals surface area contributed by atoms with Gasteiger partial charge in [-0.15, -0.1) is 0 Å². The summed E-state index contributed by atoms with van der Waals surface area (Å²) < 4.78 is 27.7. The van der Waals surface area contributed by atoms with Gasteiger partial charge < -0.3 is 15.7 Å². The Morgan fingerprint density at radius 2 is 1.71 bits per heavy atom. The number of carbonyl (C=O) groups excluding carboxylic acids is 1. The first kappa shape index (κ1) is 27.9. The van der Waals surface area contributed by atoms with Gasteiger partial charge in [0.05, 0.1) is 12.1 Å². The Morgan fingerprint density at radius 3 is 2.39 bits per heavy atom. The zero-order valence-corrected chi connectivity index (χ0v) is 22.4. The molecule has 0 radical (unpaired) electrons. The van der Waals surface area contributed by atoms with Crippen molar-refractivity contribution < 1.29 is 18.7 Å². The van der Waals surface area contributed by atoms with E-state index < -0.39 is 23.8 Å². The predicted octanol–water partition coefficient (Wildman–Crippen LogP) is 5.92. The molecule has 38 heavy (non-hydrogen) atoms. The van der Waals surface area contributed by atoms with E-state index in [9.17, 15) is 18.7 Å². The van der Waals surface area contributed by atoms with Crippen LogP contribution >= 0.6 is 0 Å². The molecule has 0 saturated heterocycles. The fraction of sp³-hybridized carbons (Fsp3) is 0.406. The number of hydrogen-bond acceptors (Lipinski definition) is 3. The van der Waals surface area contributed by atoms with Crippen LogP contribution in [0.3, 0.4) is 0 Å². The van der Waals surface area contributed by atoms with Crippen LogP contribution in [0.15, 0.2) is 66.7 Å². The molecule has 0 aromatic heterocycles. The molecule has 0 heterocycles. The Balaban J connectivity index is 1.50. The molecule has 0 spiro atoms. The molecule has 0 fully saturated rings. The fourth-order valence-corrected chi connectivity index (χ4v) is 5.30. The van der Waals surface area contributed by atoms with Crippen LogP contribution in [0.1, 0.15) is 72.3 Å². The van der Waals surface area contributed by atoms with Gasteiger partial charge in [-0.3, -0.25) is 4.79 Å². The Kier molecular flexibility index (Phi) is 8.95. The molecular formula is C32H38F2N2O2. The van der Waals surface area contributed by atoms with Crippen LogP contribution in [-0.2, 0) is 19.3 Å². The minimum atomic E-state index is -0.975. The molecule has 3 N–H and O–H groups in total. The third kappa shape index (κ3) is 7.71. The van der Waals surface area contributed by atoms with Gasteiger partial charge in [-0.1, -0.05) is 57.2 Å². The Hall–Kier alpha value is -3.09. The van der Waals surface area contributed by atoms with Crippen molar-refractivity contribution in [3.05, 3.63) is 106 Å². The number of fused-ring (bicyclic) bond motifs is 1. The summed E-state index contributed by atoms with van der Waals surface area (Å²) >= 11 is 0. The summed E-state index contributed by atoms with van der Waals surface area (Å²) in [6.45, 7) is 6.91. The highest BCUT2D eigenvalue weighted by Gasteiger charge is 2.26. The van der Waals surface area contributed by atoms with Crippen molar-refractivity contribution >= 4 is 5.91 Å². The van der Waals surface area contributed by atoms with Crippen molar-refractivity contribution in [2.45, 2.75) is 71.1 Å². The summed E-state index contributed by atoms with van der Waals surface area (Å²) in [7, 11) is 0. The van der Waals surface area contributed by atoms with Gasteiger partial charge in [0.25, 0.3) is 5.91 Å². The second-order valence-electron chi connectivity index (χ2n) is 11.6. The average Bonchev–Trinajstić information content (AvgIpc) is 2.85. The molecule has 1 aliphatic rings. The number of benzene rings is 3. The number of aliphatic hydroxyl groups excluding tert-OH is 1. The maximum Gasteiger partial charge on any atom is 0.251 e. The van der Waals surface area contributed by atoms with E-state index in [1.165, 1.54) is 28.8 Å². The first-order valence-electron chi connectivity index (χ1n) is 13.4. The first-order chi connectivity index (χ1) is 18.1. The highest BCUT2D eigenvalue weighted by Crippen LogP contribution is 2.32. The Labute approximate surface area is 224 Å². The molecule has 3 aromatic rings. The molecule has 0 aliphatic heterocycles. The normalized spacial score (nSPS) is 16.9. The van der Waals surface area contributed by atoms with Crippen molar-refractivity contribution in [1.29, 1.82) is 0 Å². The summed E-state index contributed by atoms with van der Waals surface area (Å²) in [5.74, 6) is -1.72. The van der Waals surface area contributed by atoms with Crippen molar-refractivity contribution in [3.63, 3.8) is 0 Å². The lowest BCUT2D eigenvalue weighted by Crippen LogP contribution is -2.49. The zero-order chi connectivity index (χ0) is 27.3. The molecule has 2 unspecified atom stereocenters. The molecule has 6 heteroatoms. The standard InChI is InChI=1S/C32H38F2N2O2/c1-32(2,3)19-21-12-13-23-10-7-11-28(27(23)16-21)35-20-30(37)29(17-22-14-25(33)18-26(34)15-22)36-31(38)24-8-5-4-6-9-24/h4-6,8-9,12-16,18,28-30,35,37H,7,10-11,17,19-20H2,1-3H3,(H,36,38)/t28?,29?,30-/m1/s1. The predicted molar refractivity (Wildman–Crippen MR) is 147 cm³/mol. The second kappa shape index (κ2) is 12.2. The van der Waals surface area contributed by atoms with Gasteiger partial charge in [-0.25, -0.2) is 8.78 Å². The first-order valence-corrected chi connectivity index (χ1v) is 13.4. The molecule has 4 rings (SSSR count). The topological polar surface area (TPSA) is 61.4 Å². The lowest BCUT2D eigenvalue weighted by Gasteiger charge is -2.31. The van der Waals surface area contributed by atoms with Gasteiger partial charge >= 0.3 is 0 Å². The highest BCUT2D eigenvalue weighted by molar-refractivity contribution is 5.94. The lowest BCUT2D eigenvalue weighted by molar-refractivity contribution is 0.0823. The largest absolute Gasteiger partial charge is 0.390 e. The van der Waals surface area contributed by atoms with Crippen LogP contribution in [0, 0.1) is 17.0 Å². The van der Waals surface area contributed by atoms with Crippen LogP contribution in [0.2, 0.25) is 0 Å². The van der Waals surface area contributed by atoms with Gasteiger partial charge in [0.15, 0.2) is 0 Å². The van der Waals surface area contributed by atoms with Crippen molar-refractivity contribution in [2.24, 2.45) is 5.41 Å². The fourth-order valence-electron chi connectivity index (χ4n) is 5.30. The van der Waals surface area contributed by atoms with Gasteiger partial charge in [-0.05, 0) is 84.0 Å². The van der Waals surface area contributed by atoms with Gasteiger partial charge in [0.2, 0.25) is 0 Å². The third-order valence-electron chi connectivity index (χ3n) is 7.03. The average molecular weight is 521 g/mol.